The highest BCUT2D eigenvalue weighted by atomic mass is 16.5. The van der Waals surface area contributed by atoms with Crippen LogP contribution in [0, 0.1) is 40.4 Å². The summed E-state index contributed by atoms with van der Waals surface area (Å²) >= 11 is 0. The first-order chi connectivity index (χ1) is 11.7. The normalized spacial score (nSPS) is 51.2. The average Bonchev–Trinajstić information content (AvgIpc) is 2.83. The van der Waals surface area contributed by atoms with Crippen molar-refractivity contribution in [1.82, 2.24) is 0 Å². The molecule has 0 spiro atoms. The van der Waals surface area contributed by atoms with E-state index < -0.39 is 5.79 Å². The predicted molar refractivity (Wildman–Crippen MR) is 94.4 cm³/mol. The van der Waals surface area contributed by atoms with Crippen LogP contribution in [-0.2, 0) is 9.53 Å². The van der Waals surface area contributed by atoms with Crippen LogP contribution >= 0.6 is 0 Å². The van der Waals surface area contributed by atoms with E-state index in [0.29, 0.717) is 30.1 Å². The molecule has 0 saturated heterocycles. The molecule has 4 saturated carbocycles. The molecule has 4 rings (SSSR count). The molecule has 142 valence electrons. The van der Waals surface area contributed by atoms with Crippen molar-refractivity contribution in [3.63, 3.8) is 0 Å². The lowest BCUT2D eigenvalue weighted by molar-refractivity contribution is -0.252. The lowest BCUT2D eigenvalue weighted by Crippen LogP contribution is -2.57. The van der Waals surface area contributed by atoms with Crippen molar-refractivity contribution < 1.29 is 19.7 Å². The van der Waals surface area contributed by atoms with E-state index >= 15 is 0 Å². The maximum absolute atomic E-state index is 12.2. The van der Waals surface area contributed by atoms with Crippen molar-refractivity contribution in [2.75, 3.05) is 7.11 Å². The molecule has 0 aliphatic heterocycles. The lowest BCUT2D eigenvalue weighted by atomic mass is 9.44. The largest absolute Gasteiger partial charge is 0.469 e. The minimum Gasteiger partial charge on any atom is -0.469 e. The Kier molecular flexibility index (Phi) is 4.05. The van der Waals surface area contributed by atoms with Gasteiger partial charge in [0.05, 0.1) is 13.0 Å². The van der Waals surface area contributed by atoms with Crippen molar-refractivity contribution in [3.05, 3.63) is 0 Å². The molecule has 4 aliphatic rings. The minimum atomic E-state index is -1.50. The SMILES string of the molecule is COC(=O)C1CCC2CC[C@@H]3[C@@H](CC[C@@]4(C)[C@H]3CCC4(O)O)[C@@]2(C)C1. The fourth-order valence-electron chi connectivity index (χ4n) is 7.72. The highest BCUT2D eigenvalue weighted by Crippen LogP contribution is 2.68. The quantitative estimate of drug-likeness (QED) is 0.561. The predicted octanol–water partition coefficient (Wildman–Crippen LogP) is 3.50. The van der Waals surface area contributed by atoms with E-state index in [1.54, 1.807) is 0 Å². The highest BCUT2D eigenvalue weighted by molar-refractivity contribution is 5.72. The van der Waals surface area contributed by atoms with Gasteiger partial charge in [-0.15, -0.1) is 0 Å². The fraction of sp³-hybridized carbons (Fsp3) is 0.952. The van der Waals surface area contributed by atoms with Gasteiger partial charge in [-0.1, -0.05) is 13.8 Å². The number of hydrogen-bond acceptors (Lipinski definition) is 4. The van der Waals surface area contributed by atoms with Crippen molar-refractivity contribution in [2.45, 2.75) is 77.4 Å². The maximum atomic E-state index is 12.2. The third kappa shape index (κ3) is 2.36. The molecule has 2 unspecified atom stereocenters. The Hall–Kier alpha value is -0.610. The summed E-state index contributed by atoms with van der Waals surface area (Å²) in [5.41, 5.74) is -0.148. The van der Waals surface area contributed by atoms with Gasteiger partial charge in [-0.3, -0.25) is 4.79 Å². The number of methoxy groups -OCH3 is 1. The Morgan fingerprint density at radius 3 is 2.36 bits per heavy atom. The molecule has 4 aliphatic carbocycles. The van der Waals surface area contributed by atoms with E-state index in [0.717, 1.165) is 38.5 Å². The maximum Gasteiger partial charge on any atom is 0.308 e. The number of esters is 1. The third-order valence-corrected chi connectivity index (χ3v) is 9.26. The second-order valence-corrected chi connectivity index (χ2v) is 9.97. The van der Waals surface area contributed by atoms with Gasteiger partial charge >= 0.3 is 5.97 Å². The molecule has 25 heavy (non-hydrogen) atoms. The summed E-state index contributed by atoms with van der Waals surface area (Å²) in [7, 11) is 1.51. The second kappa shape index (κ2) is 5.69. The second-order valence-electron chi connectivity index (χ2n) is 9.97. The standard InChI is InChI=1S/C21H34O4/c1-19-12-13(18(22)25-3)4-5-14(19)6-7-15-16(19)8-10-20(2)17(15)9-11-21(20,23)24/h13-17,23-24H,4-12H2,1-3H3/t13?,14?,15-,16-,17+,19+,20+/m1/s1. The molecule has 0 aromatic heterocycles. The van der Waals surface area contributed by atoms with Crippen LogP contribution < -0.4 is 0 Å². The summed E-state index contributed by atoms with van der Waals surface area (Å²) in [6.07, 6.45) is 8.96. The molecule has 2 N–H and O–H groups in total. The van der Waals surface area contributed by atoms with Crippen LogP contribution in [0.1, 0.15) is 71.6 Å². The zero-order valence-electron chi connectivity index (χ0n) is 16.0. The van der Waals surface area contributed by atoms with Gasteiger partial charge in [-0.2, -0.15) is 0 Å². The first-order valence-electron chi connectivity index (χ1n) is 10.3. The van der Waals surface area contributed by atoms with Gasteiger partial charge in [0.2, 0.25) is 0 Å². The van der Waals surface area contributed by atoms with E-state index in [-0.39, 0.29) is 22.7 Å². The van der Waals surface area contributed by atoms with E-state index in [4.69, 9.17) is 4.74 Å². The van der Waals surface area contributed by atoms with Crippen LogP contribution in [0.15, 0.2) is 0 Å². The topological polar surface area (TPSA) is 66.8 Å². The van der Waals surface area contributed by atoms with Gasteiger partial charge in [-0.25, -0.2) is 0 Å². The van der Waals surface area contributed by atoms with Gasteiger partial charge in [0, 0.05) is 11.8 Å². The molecule has 4 fully saturated rings. The van der Waals surface area contributed by atoms with Crippen LogP contribution in [0.4, 0.5) is 0 Å². The Bertz CT molecular complexity index is 558. The Labute approximate surface area is 151 Å². The van der Waals surface area contributed by atoms with Crippen LogP contribution in [-0.4, -0.2) is 29.1 Å². The van der Waals surface area contributed by atoms with Crippen molar-refractivity contribution in [2.24, 2.45) is 40.4 Å². The third-order valence-electron chi connectivity index (χ3n) is 9.26. The van der Waals surface area contributed by atoms with E-state index in [1.807, 2.05) is 0 Å². The van der Waals surface area contributed by atoms with Crippen LogP contribution in [0.25, 0.3) is 0 Å². The van der Waals surface area contributed by atoms with Crippen LogP contribution in [0.3, 0.4) is 0 Å². The number of fused-ring (bicyclic) bond motifs is 5. The minimum absolute atomic E-state index is 0.0342. The van der Waals surface area contributed by atoms with Gasteiger partial charge in [0.15, 0.2) is 5.79 Å². The Morgan fingerprint density at radius 2 is 1.64 bits per heavy atom. The van der Waals surface area contributed by atoms with Gasteiger partial charge in [0.1, 0.15) is 0 Å². The first-order valence-corrected chi connectivity index (χ1v) is 10.3. The number of hydrogen-bond donors (Lipinski definition) is 2. The van der Waals surface area contributed by atoms with E-state index in [9.17, 15) is 15.0 Å². The molecule has 0 aromatic carbocycles. The molecule has 0 aromatic rings. The number of rotatable bonds is 1. The molecular formula is C21H34O4. The zero-order chi connectivity index (χ0) is 18.0. The van der Waals surface area contributed by atoms with Gasteiger partial charge in [-0.05, 0) is 80.5 Å². The summed E-state index contributed by atoms with van der Waals surface area (Å²) in [4.78, 5) is 12.2. The molecular weight excluding hydrogens is 316 g/mol. The molecule has 4 nitrogen and oxygen atoms in total. The summed E-state index contributed by atoms with van der Waals surface area (Å²) < 4.78 is 5.06. The molecule has 0 radical (unpaired) electrons. The smallest absolute Gasteiger partial charge is 0.308 e. The molecule has 0 bridgehead atoms. The van der Waals surface area contributed by atoms with Crippen molar-refractivity contribution in [1.29, 1.82) is 0 Å². The zero-order valence-corrected chi connectivity index (χ0v) is 16.0. The molecule has 0 heterocycles. The summed E-state index contributed by atoms with van der Waals surface area (Å²) in [5.74, 6) is 0.848. The lowest BCUT2D eigenvalue weighted by Gasteiger charge is -2.61. The van der Waals surface area contributed by atoms with Crippen molar-refractivity contribution >= 4 is 5.97 Å². The molecule has 4 heteroatoms. The van der Waals surface area contributed by atoms with Crippen LogP contribution in [0.2, 0.25) is 0 Å². The summed E-state index contributed by atoms with van der Waals surface area (Å²) in [5, 5.41) is 21.2. The molecule has 0 amide bonds. The van der Waals surface area contributed by atoms with E-state index in [1.165, 1.54) is 20.0 Å². The van der Waals surface area contributed by atoms with Crippen molar-refractivity contribution in [3.8, 4) is 0 Å². The number of ether oxygens (including phenoxy) is 1. The number of carbonyl (C=O) groups excluding carboxylic acids is 1. The molecule has 7 atom stereocenters. The first kappa shape index (κ1) is 17.8. The van der Waals surface area contributed by atoms with Gasteiger partial charge in [0.25, 0.3) is 0 Å². The number of carbonyl (C=O) groups is 1. The summed E-state index contributed by atoms with van der Waals surface area (Å²) in [6.45, 7) is 4.53. The fourth-order valence-corrected chi connectivity index (χ4v) is 7.72. The number of aliphatic hydroxyl groups is 2. The monoisotopic (exact) mass is 350 g/mol. The highest BCUT2D eigenvalue weighted by Gasteiger charge is 2.64. The average molecular weight is 350 g/mol. The van der Waals surface area contributed by atoms with Crippen LogP contribution in [0.5, 0.6) is 0 Å². The van der Waals surface area contributed by atoms with E-state index in [2.05, 4.69) is 13.8 Å². The van der Waals surface area contributed by atoms with Gasteiger partial charge < -0.3 is 14.9 Å². The Morgan fingerprint density at radius 1 is 0.960 bits per heavy atom. The Balaban J connectivity index is 1.62. The summed E-state index contributed by atoms with van der Waals surface area (Å²) in [6, 6.07) is 0.